The molecule has 2 amide bonds. The Morgan fingerprint density at radius 3 is 2.02 bits per heavy atom. The first-order valence-corrected chi connectivity index (χ1v) is 14.6. The maximum atomic E-state index is 13.3. The minimum Gasteiger partial charge on any atom is -0.462 e. The molecule has 40 heavy (non-hydrogen) atoms. The second-order valence-corrected chi connectivity index (χ2v) is 12.0. The standard InChI is InChI=1S/C30H39BrN4O5/c1-5-39-28(37)22-6-9-25(10-7-22)33-14-12-32(13-15-33)21-24-20-23(8-11-26(24)31)27(36)34-16-18-35(19-17-34)29(38)40-30(2,3)4/h6-11,20H,5,12-19,21H2,1-4H3. The monoisotopic (exact) mass is 614 g/mol. The van der Waals surface area contributed by atoms with Crippen LogP contribution in [-0.4, -0.2) is 97.2 Å². The zero-order valence-electron chi connectivity index (χ0n) is 23.8. The van der Waals surface area contributed by atoms with E-state index in [1.54, 1.807) is 16.7 Å². The third-order valence-corrected chi connectivity index (χ3v) is 7.79. The van der Waals surface area contributed by atoms with Gasteiger partial charge in [0.15, 0.2) is 0 Å². The molecule has 4 rings (SSSR count). The lowest BCUT2D eigenvalue weighted by atomic mass is 10.1. The van der Waals surface area contributed by atoms with Crippen molar-refractivity contribution in [2.45, 2.75) is 39.8 Å². The van der Waals surface area contributed by atoms with E-state index < -0.39 is 5.60 Å². The van der Waals surface area contributed by atoms with Gasteiger partial charge in [0.1, 0.15) is 5.60 Å². The van der Waals surface area contributed by atoms with Gasteiger partial charge < -0.3 is 24.2 Å². The van der Waals surface area contributed by atoms with Gasteiger partial charge in [-0.3, -0.25) is 9.69 Å². The van der Waals surface area contributed by atoms with Crippen LogP contribution >= 0.6 is 15.9 Å². The zero-order chi connectivity index (χ0) is 28.9. The highest BCUT2D eigenvalue weighted by Gasteiger charge is 2.28. The van der Waals surface area contributed by atoms with Crippen LogP contribution in [-0.2, 0) is 16.0 Å². The van der Waals surface area contributed by atoms with E-state index in [0.29, 0.717) is 43.9 Å². The predicted molar refractivity (Wildman–Crippen MR) is 158 cm³/mol. The van der Waals surface area contributed by atoms with Crippen molar-refractivity contribution < 1.29 is 23.9 Å². The molecule has 0 spiro atoms. The molecule has 0 unspecified atom stereocenters. The second-order valence-electron chi connectivity index (χ2n) is 11.1. The minimum atomic E-state index is -0.540. The molecule has 2 fully saturated rings. The summed E-state index contributed by atoms with van der Waals surface area (Å²) in [5.41, 5.74) is 2.85. The van der Waals surface area contributed by atoms with Crippen molar-refractivity contribution >= 4 is 39.6 Å². The first-order valence-electron chi connectivity index (χ1n) is 13.8. The SMILES string of the molecule is CCOC(=O)c1ccc(N2CCN(Cc3cc(C(=O)N4CCN(C(=O)OC(C)(C)C)CC4)ccc3Br)CC2)cc1. The molecule has 2 aliphatic rings. The average molecular weight is 616 g/mol. The number of amides is 2. The van der Waals surface area contributed by atoms with Gasteiger partial charge >= 0.3 is 12.1 Å². The van der Waals surface area contributed by atoms with E-state index >= 15 is 0 Å². The summed E-state index contributed by atoms with van der Waals surface area (Å²) in [6.45, 7) is 13.8. The predicted octanol–water partition coefficient (Wildman–Crippen LogP) is 4.64. The summed E-state index contributed by atoms with van der Waals surface area (Å²) in [6, 6.07) is 13.4. The van der Waals surface area contributed by atoms with E-state index in [2.05, 4.69) is 25.7 Å². The molecular weight excluding hydrogens is 576 g/mol. The third kappa shape index (κ3) is 7.75. The summed E-state index contributed by atoms with van der Waals surface area (Å²) in [6.07, 6.45) is -0.334. The Bertz CT molecular complexity index is 1200. The van der Waals surface area contributed by atoms with Gasteiger partial charge in [0, 0.05) is 74.6 Å². The van der Waals surface area contributed by atoms with Gasteiger partial charge in [0.2, 0.25) is 0 Å². The van der Waals surface area contributed by atoms with E-state index in [9.17, 15) is 14.4 Å². The molecule has 0 aromatic heterocycles. The van der Waals surface area contributed by atoms with Crippen LogP contribution in [0.1, 0.15) is 54.0 Å². The van der Waals surface area contributed by atoms with Crippen LogP contribution in [0.15, 0.2) is 46.9 Å². The van der Waals surface area contributed by atoms with Crippen molar-refractivity contribution in [3.63, 3.8) is 0 Å². The number of carbonyl (C=O) groups excluding carboxylic acids is 3. The number of esters is 1. The molecule has 0 atom stereocenters. The Morgan fingerprint density at radius 2 is 1.43 bits per heavy atom. The number of ether oxygens (including phenoxy) is 2. The molecule has 0 bridgehead atoms. The van der Waals surface area contributed by atoms with Crippen LogP contribution in [0.2, 0.25) is 0 Å². The lowest BCUT2D eigenvalue weighted by molar-refractivity contribution is 0.0140. The third-order valence-electron chi connectivity index (χ3n) is 7.02. The summed E-state index contributed by atoms with van der Waals surface area (Å²) < 4.78 is 11.5. The van der Waals surface area contributed by atoms with Crippen molar-refractivity contribution in [3.8, 4) is 0 Å². The Kier molecular flexibility index (Phi) is 9.73. The normalized spacial score (nSPS) is 16.6. The van der Waals surface area contributed by atoms with Crippen LogP contribution in [0.4, 0.5) is 10.5 Å². The maximum Gasteiger partial charge on any atom is 0.410 e. The quantitative estimate of drug-likeness (QED) is 0.438. The summed E-state index contributed by atoms with van der Waals surface area (Å²) in [4.78, 5) is 45.7. The van der Waals surface area contributed by atoms with E-state index in [-0.39, 0.29) is 18.0 Å². The van der Waals surface area contributed by atoms with Gasteiger partial charge in [-0.05, 0) is 75.7 Å². The first kappa shape index (κ1) is 29.9. The zero-order valence-corrected chi connectivity index (χ0v) is 25.4. The summed E-state index contributed by atoms with van der Waals surface area (Å²) in [7, 11) is 0. The van der Waals surface area contributed by atoms with Crippen molar-refractivity contribution in [2.24, 2.45) is 0 Å². The maximum absolute atomic E-state index is 13.3. The molecule has 216 valence electrons. The fraction of sp³-hybridized carbons (Fsp3) is 0.500. The van der Waals surface area contributed by atoms with Gasteiger partial charge in [-0.15, -0.1) is 0 Å². The molecule has 2 aromatic rings. The molecule has 2 heterocycles. The second kappa shape index (κ2) is 13.0. The molecule has 10 heteroatoms. The molecule has 2 aliphatic heterocycles. The fourth-order valence-corrected chi connectivity index (χ4v) is 5.23. The fourth-order valence-electron chi connectivity index (χ4n) is 4.86. The molecule has 0 N–H and O–H groups in total. The van der Waals surface area contributed by atoms with Crippen molar-refractivity contribution in [1.82, 2.24) is 14.7 Å². The van der Waals surface area contributed by atoms with Gasteiger partial charge in [-0.1, -0.05) is 15.9 Å². The Morgan fingerprint density at radius 1 is 0.825 bits per heavy atom. The highest BCUT2D eigenvalue weighted by Crippen LogP contribution is 2.24. The minimum absolute atomic E-state index is 0.0197. The average Bonchev–Trinajstić information content (AvgIpc) is 2.94. The summed E-state index contributed by atoms with van der Waals surface area (Å²) >= 11 is 3.67. The number of carbonyl (C=O) groups is 3. The number of benzene rings is 2. The number of rotatable bonds is 6. The van der Waals surface area contributed by atoms with E-state index in [1.807, 2.05) is 63.2 Å². The van der Waals surface area contributed by atoms with Crippen molar-refractivity contribution in [3.05, 3.63) is 63.6 Å². The Hall–Kier alpha value is -3.11. The highest BCUT2D eigenvalue weighted by molar-refractivity contribution is 9.10. The number of halogens is 1. The van der Waals surface area contributed by atoms with E-state index in [1.165, 1.54) is 0 Å². The van der Waals surface area contributed by atoms with Crippen LogP contribution in [0, 0.1) is 0 Å². The first-order chi connectivity index (χ1) is 19.0. The number of hydrogen-bond donors (Lipinski definition) is 0. The summed E-state index contributed by atoms with van der Waals surface area (Å²) in [5, 5.41) is 0. The van der Waals surface area contributed by atoms with Gasteiger partial charge in [-0.25, -0.2) is 9.59 Å². The number of piperazine rings is 2. The lowest BCUT2D eigenvalue weighted by Gasteiger charge is -2.36. The smallest absolute Gasteiger partial charge is 0.410 e. The van der Waals surface area contributed by atoms with E-state index in [0.717, 1.165) is 48.4 Å². The number of nitrogens with zero attached hydrogens (tertiary/aromatic N) is 4. The topological polar surface area (TPSA) is 82.6 Å². The largest absolute Gasteiger partial charge is 0.462 e. The molecule has 9 nitrogen and oxygen atoms in total. The molecule has 0 radical (unpaired) electrons. The van der Waals surface area contributed by atoms with Gasteiger partial charge in [0.05, 0.1) is 12.2 Å². The highest BCUT2D eigenvalue weighted by atomic mass is 79.9. The molecular formula is C30H39BrN4O5. The Balaban J connectivity index is 1.30. The van der Waals surface area contributed by atoms with Crippen molar-refractivity contribution in [2.75, 3.05) is 63.9 Å². The Labute approximate surface area is 245 Å². The van der Waals surface area contributed by atoms with E-state index in [4.69, 9.17) is 9.47 Å². The number of anilines is 1. The summed E-state index contributed by atoms with van der Waals surface area (Å²) in [5.74, 6) is -0.318. The molecule has 2 saturated heterocycles. The molecule has 0 aliphatic carbocycles. The molecule has 0 saturated carbocycles. The van der Waals surface area contributed by atoms with Crippen molar-refractivity contribution in [1.29, 1.82) is 0 Å². The molecule has 2 aromatic carbocycles. The van der Waals surface area contributed by atoms with Gasteiger partial charge in [-0.2, -0.15) is 0 Å². The van der Waals surface area contributed by atoms with Gasteiger partial charge in [0.25, 0.3) is 5.91 Å². The van der Waals surface area contributed by atoms with Crippen LogP contribution in [0.3, 0.4) is 0 Å². The van der Waals surface area contributed by atoms with Crippen LogP contribution in [0.5, 0.6) is 0 Å². The van der Waals surface area contributed by atoms with Crippen LogP contribution < -0.4 is 4.90 Å². The lowest BCUT2D eigenvalue weighted by Crippen LogP contribution is -2.51. The number of hydrogen-bond acceptors (Lipinski definition) is 7. The van der Waals surface area contributed by atoms with Crippen LogP contribution in [0.25, 0.3) is 0 Å².